The molecule has 0 aliphatic carbocycles. The Morgan fingerprint density at radius 2 is 1.83 bits per heavy atom. The number of piperidine rings is 1. The Labute approximate surface area is 139 Å². The Kier molecular flexibility index (Phi) is 4.67. The number of hydrogen-bond acceptors (Lipinski definition) is 4. The van der Waals surface area contributed by atoms with E-state index in [9.17, 15) is 0 Å². The van der Waals surface area contributed by atoms with Crippen molar-refractivity contribution in [3.8, 4) is 0 Å². The highest BCUT2D eigenvalue weighted by atomic mass is 16.5. The van der Waals surface area contributed by atoms with Crippen molar-refractivity contribution in [1.82, 2.24) is 15.1 Å². The van der Waals surface area contributed by atoms with Crippen LogP contribution in [0, 0.1) is 0 Å². The largest absolute Gasteiger partial charge is 0.371 e. The van der Waals surface area contributed by atoms with Crippen LogP contribution in [0.3, 0.4) is 0 Å². The van der Waals surface area contributed by atoms with Gasteiger partial charge in [-0.15, -0.1) is 0 Å². The van der Waals surface area contributed by atoms with E-state index in [1.54, 1.807) is 0 Å². The minimum atomic E-state index is 0.245. The van der Waals surface area contributed by atoms with Gasteiger partial charge >= 0.3 is 0 Å². The molecule has 0 radical (unpaired) electrons. The third-order valence-corrected chi connectivity index (χ3v) is 5.78. The second-order valence-electron chi connectivity index (χ2n) is 7.52. The minimum absolute atomic E-state index is 0.245. The van der Waals surface area contributed by atoms with Gasteiger partial charge in [0.15, 0.2) is 0 Å². The Hall–Kier alpha value is -0.940. The molecule has 3 aliphatic heterocycles. The number of hydrogen-bond donors (Lipinski definition) is 1. The fourth-order valence-electron chi connectivity index (χ4n) is 4.37. The second-order valence-corrected chi connectivity index (χ2v) is 7.52. The molecule has 1 N–H and O–H groups in total. The summed E-state index contributed by atoms with van der Waals surface area (Å²) in [6.07, 6.45) is 4.07. The molecule has 3 atom stereocenters. The predicted octanol–water partition coefficient (Wildman–Crippen LogP) is 1.88. The highest BCUT2D eigenvalue weighted by molar-refractivity contribution is 5.18. The van der Waals surface area contributed by atoms with Crippen LogP contribution in [0.15, 0.2) is 30.3 Å². The van der Waals surface area contributed by atoms with Crippen molar-refractivity contribution in [1.29, 1.82) is 0 Å². The fourth-order valence-corrected chi connectivity index (χ4v) is 4.37. The van der Waals surface area contributed by atoms with Crippen LogP contribution < -0.4 is 5.32 Å². The molecule has 3 aliphatic rings. The van der Waals surface area contributed by atoms with Crippen molar-refractivity contribution in [2.24, 2.45) is 0 Å². The number of nitrogens with zero attached hydrogens (tertiary/aromatic N) is 2. The Morgan fingerprint density at radius 1 is 1.04 bits per heavy atom. The number of benzene rings is 1. The molecule has 1 aromatic rings. The zero-order valence-electron chi connectivity index (χ0n) is 14.2. The molecule has 0 saturated carbocycles. The van der Waals surface area contributed by atoms with Crippen LogP contribution in [0.25, 0.3) is 0 Å². The van der Waals surface area contributed by atoms with E-state index in [0.29, 0.717) is 18.1 Å². The van der Waals surface area contributed by atoms with E-state index in [-0.39, 0.29) is 6.10 Å². The van der Waals surface area contributed by atoms with Crippen molar-refractivity contribution in [3.05, 3.63) is 35.9 Å². The molecule has 3 heterocycles. The lowest BCUT2D eigenvalue weighted by molar-refractivity contribution is -0.0502. The molecule has 3 saturated heterocycles. The SMILES string of the molecule is CN1CCC(N[C@H]2C[C@H]3CO[C@@H](c4ccccc4)CN3C2)CC1. The van der Waals surface area contributed by atoms with Crippen molar-refractivity contribution >= 4 is 0 Å². The summed E-state index contributed by atoms with van der Waals surface area (Å²) < 4.78 is 6.15. The number of likely N-dealkylation sites (tertiary alicyclic amines) is 1. The number of nitrogens with one attached hydrogen (secondary N) is 1. The van der Waals surface area contributed by atoms with Crippen molar-refractivity contribution in [3.63, 3.8) is 0 Å². The van der Waals surface area contributed by atoms with Gasteiger partial charge in [-0.2, -0.15) is 0 Å². The van der Waals surface area contributed by atoms with Gasteiger partial charge in [0.05, 0.1) is 12.7 Å². The van der Waals surface area contributed by atoms with Gasteiger partial charge in [-0.05, 0) is 45.0 Å². The number of morpholine rings is 1. The van der Waals surface area contributed by atoms with E-state index in [0.717, 1.165) is 13.2 Å². The van der Waals surface area contributed by atoms with E-state index in [4.69, 9.17) is 4.74 Å². The van der Waals surface area contributed by atoms with E-state index in [1.165, 1.54) is 44.5 Å². The van der Waals surface area contributed by atoms with Gasteiger partial charge in [0.25, 0.3) is 0 Å². The van der Waals surface area contributed by atoms with Crippen LogP contribution in [0.2, 0.25) is 0 Å². The molecule has 0 bridgehead atoms. The van der Waals surface area contributed by atoms with Crippen LogP contribution >= 0.6 is 0 Å². The van der Waals surface area contributed by atoms with E-state index in [2.05, 4.69) is 52.5 Å². The molecule has 3 fully saturated rings. The standard InChI is InChI=1S/C19H29N3O/c1-21-9-7-16(8-10-21)20-17-11-18-14-23-19(13-22(18)12-17)15-5-3-2-4-6-15/h2-6,16-20H,7-14H2,1H3/t17-,18-,19+/m0/s1. The molecule has 126 valence electrons. The number of fused-ring (bicyclic) bond motifs is 1. The summed E-state index contributed by atoms with van der Waals surface area (Å²) in [5.41, 5.74) is 1.32. The van der Waals surface area contributed by atoms with E-state index >= 15 is 0 Å². The molecule has 0 unspecified atom stereocenters. The Bertz CT molecular complexity index is 501. The van der Waals surface area contributed by atoms with Crippen LogP contribution in [0.1, 0.15) is 30.9 Å². The monoisotopic (exact) mass is 315 g/mol. The molecule has 4 nitrogen and oxygen atoms in total. The van der Waals surface area contributed by atoms with Crippen molar-refractivity contribution in [2.75, 3.05) is 39.8 Å². The normalized spacial score (nSPS) is 33.7. The lowest BCUT2D eigenvalue weighted by Gasteiger charge is -2.35. The Balaban J connectivity index is 1.31. The molecule has 4 heteroatoms. The average molecular weight is 315 g/mol. The smallest absolute Gasteiger partial charge is 0.0952 e. The molecular weight excluding hydrogens is 286 g/mol. The van der Waals surface area contributed by atoms with Gasteiger partial charge in [0, 0.05) is 31.2 Å². The molecule has 4 rings (SSSR count). The maximum absolute atomic E-state index is 6.15. The summed E-state index contributed by atoms with van der Waals surface area (Å²) in [7, 11) is 2.23. The molecule has 23 heavy (non-hydrogen) atoms. The van der Waals surface area contributed by atoms with Gasteiger partial charge < -0.3 is 15.0 Å². The number of rotatable bonds is 3. The van der Waals surface area contributed by atoms with E-state index < -0.39 is 0 Å². The van der Waals surface area contributed by atoms with E-state index in [1.807, 2.05) is 0 Å². The third kappa shape index (κ3) is 3.61. The van der Waals surface area contributed by atoms with Crippen LogP contribution in [-0.2, 0) is 4.74 Å². The fraction of sp³-hybridized carbons (Fsp3) is 0.684. The predicted molar refractivity (Wildman–Crippen MR) is 92.6 cm³/mol. The number of ether oxygens (including phenoxy) is 1. The Morgan fingerprint density at radius 3 is 2.61 bits per heavy atom. The highest BCUT2D eigenvalue weighted by Crippen LogP contribution is 2.30. The van der Waals surface area contributed by atoms with Crippen LogP contribution in [0.4, 0.5) is 0 Å². The molecule has 0 aromatic heterocycles. The summed E-state index contributed by atoms with van der Waals surface area (Å²) in [6.45, 7) is 5.57. The highest BCUT2D eigenvalue weighted by Gasteiger charge is 2.38. The first kappa shape index (κ1) is 15.6. The first-order valence-electron chi connectivity index (χ1n) is 9.13. The summed E-state index contributed by atoms with van der Waals surface area (Å²) in [4.78, 5) is 5.09. The topological polar surface area (TPSA) is 27.7 Å². The molecular formula is C19H29N3O. The summed E-state index contributed by atoms with van der Waals surface area (Å²) in [6, 6.07) is 12.6. The lowest BCUT2D eigenvalue weighted by atomic mass is 10.0. The maximum Gasteiger partial charge on any atom is 0.0952 e. The van der Waals surface area contributed by atoms with Crippen LogP contribution in [-0.4, -0.2) is 67.8 Å². The van der Waals surface area contributed by atoms with Gasteiger partial charge in [-0.3, -0.25) is 4.90 Å². The third-order valence-electron chi connectivity index (χ3n) is 5.78. The van der Waals surface area contributed by atoms with Gasteiger partial charge in [0.1, 0.15) is 0 Å². The summed E-state index contributed by atoms with van der Waals surface area (Å²) in [5.74, 6) is 0. The zero-order chi connectivity index (χ0) is 15.6. The first-order chi connectivity index (χ1) is 11.3. The van der Waals surface area contributed by atoms with Gasteiger partial charge in [-0.25, -0.2) is 0 Å². The summed E-state index contributed by atoms with van der Waals surface area (Å²) >= 11 is 0. The minimum Gasteiger partial charge on any atom is -0.371 e. The molecule has 1 aromatic carbocycles. The maximum atomic E-state index is 6.15. The van der Waals surface area contributed by atoms with Crippen molar-refractivity contribution < 1.29 is 4.74 Å². The lowest BCUT2D eigenvalue weighted by Crippen LogP contribution is -2.46. The molecule has 0 amide bonds. The molecule has 0 spiro atoms. The summed E-state index contributed by atoms with van der Waals surface area (Å²) in [5, 5.41) is 3.93. The second kappa shape index (κ2) is 6.89. The zero-order valence-corrected chi connectivity index (χ0v) is 14.2. The van der Waals surface area contributed by atoms with Gasteiger partial charge in [-0.1, -0.05) is 30.3 Å². The van der Waals surface area contributed by atoms with Crippen molar-refractivity contribution in [2.45, 2.75) is 43.5 Å². The van der Waals surface area contributed by atoms with Crippen LogP contribution in [0.5, 0.6) is 0 Å². The van der Waals surface area contributed by atoms with Gasteiger partial charge in [0.2, 0.25) is 0 Å². The first-order valence-corrected chi connectivity index (χ1v) is 9.13. The quantitative estimate of drug-likeness (QED) is 0.922. The average Bonchev–Trinajstić information content (AvgIpc) is 2.99.